The first-order chi connectivity index (χ1) is 17.6. The van der Waals surface area contributed by atoms with Gasteiger partial charge in [0.2, 0.25) is 0 Å². The average Bonchev–Trinajstić information content (AvgIpc) is 3.28. The number of pyridine rings is 1. The Morgan fingerprint density at radius 3 is 2.57 bits per heavy atom. The molecule has 0 saturated carbocycles. The van der Waals surface area contributed by atoms with Crippen molar-refractivity contribution in [2.24, 2.45) is 0 Å². The molecule has 37 heavy (non-hydrogen) atoms. The van der Waals surface area contributed by atoms with Crippen LogP contribution in [0.4, 0.5) is 15.9 Å². The zero-order chi connectivity index (χ0) is 24.9. The van der Waals surface area contributed by atoms with Crippen molar-refractivity contribution in [1.29, 1.82) is 0 Å². The van der Waals surface area contributed by atoms with Crippen molar-refractivity contribution in [1.82, 2.24) is 24.7 Å². The van der Waals surface area contributed by atoms with Crippen LogP contribution in [0.1, 0.15) is 5.56 Å². The minimum atomic E-state index is -1.04. The van der Waals surface area contributed by atoms with Crippen molar-refractivity contribution < 1.29 is 19.3 Å². The van der Waals surface area contributed by atoms with Crippen LogP contribution in [0.15, 0.2) is 79.3 Å². The molecular formula is C26H24ClFN6O3. The number of hydrogen-bond acceptors (Lipinski definition) is 8. The molecule has 0 spiro atoms. The van der Waals surface area contributed by atoms with Gasteiger partial charge >= 0.3 is 0 Å². The Morgan fingerprint density at radius 2 is 1.78 bits per heavy atom. The molecule has 0 bridgehead atoms. The number of fused-ring (bicyclic) bond motifs is 1. The highest BCUT2D eigenvalue weighted by molar-refractivity contribution is 5.92. The van der Waals surface area contributed by atoms with Gasteiger partial charge in [0.1, 0.15) is 24.2 Å². The molecule has 1 atom stereocenters. The molecule has 0 saturated heterocycles. The van der Waals surface area contributed by atoms with E-state index in [0.29, 0.717) is 22.9 Å². The third kappa shape index (κ3) is 5.83. The van der Waals surface area contributed by atoms with Gasteiger partial charge in [-0.1, -0.05) is 36.4 Å². The van der Waals surface area contributed by atoms with Crippen LogP contribution in [0.2, 0.25) is 0 Å². The summed E-state index contributed by atoms with van der Waals surface area (Å²) in [4.78, 5) is 13.1. The van der Waals surface area contributed by atoms with Crippen LogP contribution in [0.25, 0.3) is 22.4 Å². The molecule has 11 heteroatoms. The van der Waals surface area contributed by atoms with Gasteiger partial charge in [0.05, 0.1) is 24.9 Å². The van der Waals surface area contributed by atoms with E-state index in [0.717, 1.165) is 16.6 Å². The maximum Gasteiger partial charge on any atom is 0.183 e. The summed E-state index contributed by atoms with van der Waals surface area (Å²) in [7, 11) is 0. The van der Waals surface area contributed by atoms with Gasteiger partial charge in [-0.15, -0.1) is 12.4 Å². The zero-order valence-corrected chi connectivity index (χ0v) is 20.3. The fraction of sp³-hybridized carbons (Fsp3) is 0.154. The molecule has 0 aliphatic heterocycles. The predicted molar refractivity (Wildman–Crippen MR) is 140 cm³/mol. The third-order valence-electron chi connectivity index (χ3n) is 5.49. The highest BCUT2D eigenvalue weighted by atomic mass is 35.5. The zero-order valence-electron chi connectivity index (χ0n) is 19.5. The normalized spacial score (nSPS) is 11.6. The van der Waals surface area contributed by atoms with Gasteiger partial charge in [-0.25, -0.2) is 14.4 Å². The number of benzene rings is 2. The second kappa shape index (κ2) is 11.7. The van der Waals surface area contributed by atoms with E-state index in [1.54, 1.807) is 47.4 Å². The molecule has 5 aromatic rings. The van der Waals surface area contributed by atoms with Crippen molar-refractivity contribution in [2.75, 3.05) is 18.5 Å². The fourth-order valence-electron chi connectivity index (χ4n) is 3.69. The van der Waals surface area contributed by atoms with Crippen LogP contribution in [-0.4, -0.2) is 54.3 Å². The van der Waals surface area contributed by atoms with E-state index in [9.17, 15) is 9.50 Å². The first-order valence-electron chi connectivity index (χ1n) is 11.3. The Morgan fingerprint density at radius 1 is 1.03 bits per heavy atom. The number of rotatable bonds is 9. The van der Waals surface area contributed by atoms with E-state index in [1.807, 2.05) is 24.3 Å². The Labute approximate surface area is 218 Å². The molecule has 190 valence electrons. The van der Waals surface area contributed by atoms with Gasteiger partial charge in [-0.3, -0.25) is 9.67 Å². The summed E-state index contributed by atoms with van der Waals surface area (Å²) in [5.74, 6) is 0.678. The number of anilines is 2. The number of aliphatic hydroxyl groups is 2. The van der Waals surface area contributed by atoms with Crippen LogP contribution < -0.4 is 10.1 Å². The lowest BCUT2D eigenvalue weighted by atomic mass is 10.2. The summed E-state index contributed by atoms with van der Waals surface area (Å²) in [5.41, 5.74) is 2.58. The number of nitrogens with one attached hydrogen (secondary N) is 1. The van der Waals surface area contributed by atoms with Gasteiger partial charge in [-0.05, 0) is 24.3 Å². The maximum atomic E-state index is 14.3. The van der Waals surface area contributed by atoms with Crippen LogP contribution in [0, 0.1) is 5.82 Å². The molecule has 9 nitrogen and oxygen atoms in total. The molecule has 0 aliphatic rings. The first-order valence-corrected chi connectivity index (χ1v) is 11.3. The largest absolute Gasteiger partial charge is 0.485 e. The van der Waals surface area contributed by atoms with Crippen LogP contribution in [0.3, 0.4) is 0 Å². The molecule has 0 fully saturated rings. The number of hydrogen-bond donors (Lipinski definition) is 3. The standard InChI is InChI=1S/C26H23FN6O3.ClH/c27-21-7-3-1-5-17(21)14-33-22-8-4-2-6-20(22)24(32-33)26-29-13-23(36-16-19(35)15-34)25(31-26)30-18-9-11-28-12-10-18;/h1-13,19,34-35H,14-16H2,(H,28,29,30,31);1H. The maximum absolute atomic E-state index is 14.3. The molecule has 0 radical (unpaired) electrons. The van der Waals surface area contributed by atoms with Gasteiger partial charge < -0.3 is 20.3 Å². The number of aliphatic hydroxyl groups excluding tert-OH is 2. The van der Waals surface area contributed by atoms with Gasteiger partial charge in [-0.2, -0.15) is 5.10 Å². The second-order valence-electron chi connectivity index (χ2n) is 8.03. The molecule has 3 heterocycles. The fourth-order valence-corrected chi connectivity index (χ4v) is 3.69. The van der Waals surface area contributed by atoms with Crippen molar-refractivity contribution in [2.45, 2.75) is 12.6 Å². The van der Waals surface area contributed by atoms with Crippen LogP contribution >= 0.6 is 12.4 Å². The monoisotopic (exact) mass is 522 g/mol. The van der Waals surface area contributed by atoms with E-state index < -0.39 is 12.7 Å². The van der Waals surface area contributed by atoms with Gasteiger partial charge in [0.15, 0.2) is 17.4 Å². The topological polar surface area (TPSA) is 118 Å². The summed E-state index contributed by atoms with van der Waals surface area (Å²) in [6.07, 6.45) is 3.72. The molecule has 0 amide bonds. The Hall–Kier alpha value is -4.12. The molecule has 3 aromatic heterocycles. The van der Waals surface area contributed by atoms with Crippen molar-refractivity contribution >= 4 is 34.8 Å². The summed E-state index contributed by atoms with van der Waals surface area (Å²) in [6, 6.07) is 17.8. The number of ether oxygens (including phenoxy) is 1. The lowest BCUT2D eigenvalue weighted by Crippen LogP contribution is -2.21. The van der Waals surface area contributed by atoms with Gasteiger partial charge in [0.25, 0.3) is 0 Å². The van der Waals surface area contributed by atoms with Crippen LogP contribution in [-0.2, 0) is 6.54 Å². The van der Waals surface area contributed by atoms with E-state index >= 15 is 0 Å². The minimum absolute atomic E-state index is 0. The smallest absolute Gasteiger partial charge is 0.183 e. The Bertz CT molecular complexity index is 1480. The quantitative estimate of drug-likeness (QED) is 0.266. The van der Waals surface area contributed by atoms with Crippen molar-refractivity contribution in [3.05, 3.63) is 90.6 Å². The Balaban J connectivity index is 0.00000320. The van der Waals surface area contributed by atoms with E-state index in [1.165, 1.54) is 12.3 Å². The molecule has 2 aromatic carbocycles. The highest BCUT2D eigenvalue weighted by Crippen LogP contribution is 2.31. The molecule has 1 unspecified atom stereocenters. The molecular weight excluding hydrogens is 499 g/mol. The molecule has 5 rings (SSSR count). The number of para-hydroxylation sites is 1. The minimum Gasteiger partial charge on any atom is -0.485 e. The lowest BCUT2D eigenvalue weighted by Gasteiger charge is -2.14. The summed E-state index contributed by atoms with van der Waals surface area (Å²) < 4.78 is 21.7. The Kier molecular flexibility index (Phi) is 8.24. The van der Waals surface area contributed by atoms with Crippen LogP contribution in [0.5, 0.6) is 5.75 Å². The molecule has 3 N–H and O–H groups in total. The average molecular weight is 523 g/mol. The molecule has 0 aliphatic carbocycles. The highest BCUT2D eigenvalue weighted by Gasteiger charge is 2.18. The van der Waals surface area contributed by atoms with E-state index in [-0.39, 0.29) is 37.1 Å². The van der Waals surface area contributed by atoms with Crippen molar-refractivity contribution in [3.63, 3.8) is 0 Å². The summed E-state index contributed by atoms with van der Waals surface area (Å²) in [5, 5.41) is 27.6. The predicted octanol–water partition coefficient (Wildman–Crippen LogP) is 3.97. The number of nitrogens with zero attached hydrogens (tertiary/aromatic N) is 5. The third-order valence-corrected chi connectivity index (χ3v) is 5.49. The van der Waals surface area contributed by atoms with Crippen molar-refractivity contribution in [3.8, 4) is 17.3 Å². The lowest BCUT2D eigenvalue weighted by molar-refractivity contribution is 0.0536. The van der Waals surface area contributed by atoms with Gasteiger partial charge in [0, 0.05) is 29.0 Å². The first kappa shape index (κ1) is 26.0. The van der Waals surface area contributed by atoms with E-state index in [2.05, 4.69) is 20.3 Å². The summed E-state index contributed by atoms with van der Waals surface area (Å²) >= 11 is 0. The van der Waals surface area contributed by atoms with E-state index in [4.69, 9.17) is 14.9 Å². The summed E-state index contributed by atoms with van der Waals surface area (Å²) in [6.45, 7) is -0.322. The number of aromatic nitrogens is 5. The number of halogens is 2. The second-order valence-corrected chi connectivity index (χ2v) is 8.03. The SMILES string of the molecule is Cl.OCC(O)COc1cnc(-c2nn(Cc3ccccc3F)c3ccccc23)nc1Nc1ccncc1.